The highest BCUT2D eigenvalue weighted by atomic mass is 32.2. The third kappa shape index (κ3) is 2.27. The summed E-state index contributed by atoms with van der Waals surface area (Å²) < 4.78 is 30.4. The van der Waals surface area contributed by atoms with Crippen molar-refractivity contribution in [2.45, 2.75) is 4.90 Å². The van der Waals surface area contributed by atoms with Crippen molar-refractivity contribution in [1.29, 1.82) is 0 Å². The molecule has 17 heavy (non-hydrogen) atoms. The van der Waals surface area contributed by atoms with E-state index in [1.165, 1.54) is 19.2 Å². The average molecular weight is 254 g/mol. The first-order valence-electron chi connectivity index (χ1n) is 4.66. The van der Waals surface area contributed by atoms with Gasteiger partial charge in [-0.25, -0.2) is 13.1 Å². The molecule has 1 heterocycles. The molecule has 0 atom stereocenters. The van der Waals surface area contributed by atoms with Gasteiger partial charge in [-0.05, 0) is 25.2 Å². The van der Waals surface area contributed by atoms with E-state index in [1.54, 1.807) is 12.1 Å². The normalized spacial score (nSPS) is 11.6. The third-order valence-corrected chi connectivity index (χ3v) is 3.51. The number of nitrogen functional groups attached to an aromatic ring is 1. The fourth-order valence-corrected chi connectivity index (χ4v) is 2.04. The van der Waals surface area contributed by atoms with Crippen molar-refractivity contribution < 1.29 is 12.8 Å². The smallest absolute Gasteiger partial charge is 0.313 e. The van der Waals surface area contributed by atoms with Crippen molar-refractivity contribution in [3.8, 4) is 11.5 Å². The number of nitrogens with one attached hydrogen (secondary N) is 1. The van der Waals surface area contributed by atoms with Crippen molar-refractivity contribution in [2.24, 2.45) is 0 Å². The van der Waals surface area contributed by atoms with Gasteiger partial charge in [0, 0.05) is 5.56 Å². The number of nitrogens with zero attached hydrogens (tertiary/aromatic N) is 2. The molecule has 1 aromatic heterocycles. The molecule has 0 spiro atoms. The highest BCUT2D eigenvalue weighted by molar-refractivity contribution is 7.89. The van der Waals surface area contributed by atoms with Crippen LogP contribution in [0.25, 0.3) is 11.5 Å². The Morgan fingerprint density at radius 2 is 2.12 bits per heavy atom. The molecule has 2 rings (SSSR count). The zero-order valence-electron chi connectivity index (χ0n) is 8.91. The van der Waals surface area contributed by atoms with Crippen LogP contribution in [0.15, 0.2) is 33.6 Å². The summed E-state index contributed by atoms with van der Waals surface area (Å²) in [7, 11) is -2.15. The predicted octanol–water partition coefficient (Wildman–Crippen LogP) is 0.227. The third-order valence-electron chi connectivity index (χ3n) is 2.10. The van der Waals surface area contributed by atoms with Crippen LogP contribution in [0.5, 0.6) is 0 Å². The first-order chi connectivity index (χ1) is 8.03. The Bertz CT molecular complexity index is 635. The van der Waals surface area contributed by atoms with Gasteiger partial charge in [0.1, 0.15) is 0 Å². The second-order valence-corrected chi connectivity index (χ2v) is 5.07. The van der Waals surface area contributed by atoms with Gasteiger partial charge in [-0.1, -0.05) is 11.2 Å². The number of hydrogen-bond donors (Lipinski definition) is 2. The molecule has 0 aliphatic rings. The van der Waals surface area contributed by atoms with Crippen LogP contribution in [0.2, 0.25) is 0 Å². The minimum absolute atomic E-state index is 0.0677. The van der Waals surface area contributed by atoms with Gasteiger partial charge in [-0.2, -0.15) is 0 Å². The van der Waals surface area contributed by atoms with E-state index in [2.05, 4.69) is 14.9 Å². The Balaban J connectivity index is 2.49. The van der Waals surface area contributed by atoms with Crippen LogP contribution in [0, 0.1) is 0 Å². The summed E-state index contributed by atoms with van der Waals surface area (Å²) in [5.74, 6) is 0.177. The van der Waals surface area contributed by atoms with Crippen LogP contribution in [0.1, 0.15) is 0 Å². The van der Waals surface area contributed by atoms with Crippen LogP contribution in [-0.2, 0) is 10.0 Å². The number of anilines is 1. The molecule has 3 N–H and O–H groups in total. The van der Waals surface area contributed by atoms with Crippen LogP contribution >= 0.6 is 0 Å². The van der Waals surface area contributed by atoms with Crippen LogP contribution in [0.3, 0.4) is 0 Å². The monoisotopic (exact) mass is 254 g/mol. The first kappa shape index (κ1) is 11.6. The summed E-state index contributed by atoms with van der Waals surface area (Å²) in [6.07, 6.45) is 0. The summed E-state index contributed by atoms with van der Waals surface area (Å²) in [5, 5.41) is 7.18. The molecule has 2 aromatic rings. The maximum absolute atomic E-state index is 11.6. The topological polar surface area (TPSA) is 111 Å². The van der Waals surface area contributed by atoms with Crippen molar-refractivity contribution >= 4 is 16.0 Å². The maximum Gasteiger partial charge on any atom is 0.313 e. The molecule has 1 aromatic carbocycles. The standard InChI is InChI=1S/C9H10N4O3S/c1-11-17(14,15)7-4-2-3-6(5-7)8-12-13-9(10)16-8/h2-5,11H,1H3,(H2,10,13). The molecule has 90 valence electrons. The Morgan fingerprint density at radius 3 is 2.71 bits per heavy atom. The lowest BCUT2D eigenvalue weighted by atomic mass is 10.2. The molecule has 0 saturated heterocycles. The minimum Gasteiger partial charge on any atom is -0.404 e. The van der Waals surface area contributed by atoms with Gasteiger partial charge in [0.05, 0.1) is 4.90 Å². The second-order valence-electron chi connectivity index (χ2n) is 3.18. The Labute approximate surface area is 97.7 Å². The quantitative estimate of drug-likeness (QED) is 0.810. The summed E-state index contributed by atoms with van der Waals surface area (Å²) in [6, 6.07) is 6.07. The molecule has 0 saturated carbocycles. The first-order valence-corrected chi connectivity index (χ1v) is 6.14. The summed E-state index contributed by atoms with van der Waals surface area (Å²) in [6.45, 7) is 0. The zero-order chi connectivity index (χ0) is 12.5. The lowest BCUT2D eigenvalue weighted by Crippen LogP contribution is -2.18. The van der Waals surface area contributed by atoms with Gasteiger partial charge in [-0.3, -0.25) is 0 Å². The zero-order valence-corrected chi connectivity index (χ0v) is 9.73. The summed E-state index contributed by atoms with van der Waals surface area (Å²) in [4.78, 5) is 0.120. The molecule has 0 unspecified atom stereocenters. The van der Waals surface area contributed by atoms with E-state index in [0.717, 1.165) is 0 Å². The average Bonchev–Trinajstić information content (AvgIpc) is 2.76. The fourth-order valence-electron chi connectivity index (χ4n) is 1.27. The molecule has 0 bridgehead atoms. The minimum atomic E-state index is -3.49. The van der Waals surface area contributed by atoms with E-state index in [1.807, 2.05) is 0 Å². The molecular weight excluding hydrogens is 244 g/mol. The Morgan fingerprint density at radius 1 is 1.35 bits per heavy atom. The lowest BCUT2D eigenvalue weighted by Gasteiger charge is -2.02. The van der Waals surface area contributed by atoms with E-state index in [0.29, 0.717) is 5.56 Å². The van der Waals surface area contributed by atoms with Crippen LogP contribution in [-0.4, -0.2) is 25.7 Å². The maximum atomic E-state index is 11.6. The molecule has 7 nitrogen and oxygen atoms in total. The highest BCUT2D eigenvalue weighted by Crippen LogP contribution is 2.21. The lowest BCUT2D eigenvalue weighted by molar-refractivity contribution is 0.587. The van der Waals surface area contributed by atoms with Gasteiger partial charge in [0.15, 0.2) is 0 Å². The van der Waals surface area contributed by atoms with Crippen LogP contribution in [0.4, 0.5) is 6.01 Å². The number of hydrogen-bond acceptors (Lipinski definition) is 6. The highest BCUT2D eigenvalue weighted by Gasteiger charge is 2.14. The van der Waals surface area contributed by atoms with E-state index in [-0.39, 0.29) is 16.8 Å². The molecule has 0 fully saturated rings. The van der Waals surface area contributed by atoms with E-state index < -0.39 is 10.0 Å². The van der Waals surface area contributed by atoms with Gasteiger partial charge in [-0.15, -0.1) is 5.10 Å². The second kappa shape index (κ2) is 4.15. The fraction of sp³-hybridized carbons (Fsp3) is 0.111. The molecule has 0 aliphatic heterocycles. The molecule has 0 radical (unpaired) electrons. The number of sulfonamides is 1. The van der Waals surface area contributed by atoms with Crippen molar-refractivity contribution in [3.63, 3.8) is 0 Å². The van der Waals surface area contributed by atoms with E-state index in [9.17, 15) is 8.42 Å². The van der Waals surface area contributed by atoms with Crippen LogP contribution < -0.4 is 10.5 Å². The van der Waals surface area contributed by atoms with Crippen molar-refractivity contribution in [2.75, 3.05) is 12.8 Å². The number of nitrogens with two attached hydrogens (primary N) is 1. The Hall–Kier alpha value is -1.93. The van der Waals surface area contributed by atoms with Gasteiger partial charge in [0.2, 0.25) is 15.9 Å². The number of rotatable bonds is 3. The summed E-state index contributed by atoms with van der Waals surface area (Å²) in [5.41, 5.74) is 5.79. The SMILES string of the molecule is CNS(=O)(=O)c1cccc(-c2nnc(N)o2)c1. The molecule has 0 amide bonds. The molecule has 8 heteroatoms. The largest absolute Gasteiger partial charge is 0.404 e. The van der Waals surface area contributed by atoms with Crippen molar-refractivity contribution in [3.05, 3.63) is 24.3 Å². The predicted molar refractivity (Wildman–Crippen MR) is 60.4 cm³/mol. The van der Waals surface area contributed by atoms with E-state index in [4.69, 9.17) is 10.2 Å². The van der Waals surface area contributed by atoms with Crippen molar-refractivity contribution in [1.82, 2.24) is 14.9 Å². The van der Waals surface area contributed by atoms with Gasteiger partial charge < -0.3 is 10.2 Å². The molecule has 0 aliphatic carbocycles. The number of aromatic nitrogens is 2. The molecular formula is C9H10N4O3S. The van der Waals surface area contributed by atoms with E-state index >= 15 is 0 Å². The van der Waals surface area contributed by atoms with Gasteiger partial charge >= 0.3 is 6.01 Å². The Kier molecular flexibility index (Phi) is 2.82. The number of benzene rings is 1. The van der Waals surface area contributed by atoms with Gasteiger partial charge in [0.25, 0.3) is 0 Å². The summed E-state index contributed by atoms with van der Waals surface area (Å²) >= 11 is 0.